The van der Waals surface area contributed by atoms with E-state index in [0.717, 1.165) is 22.2 Å². The van der Waals surface area contributed by atoms with Gasteiger partial charge < -0.3 is 14.5 Å². The van der Waals surface area contributed by atoms with Crippen LogP contribution in [0.5, 0.6) is 0 Å². The van der Waals surface area contributed by atoms with Gasteiger partial charge in [0.15, 0.2) is 0 Å². The van der Waals surface area contributed by atoms with Crippen molar-refractivity contribution in [3.8, 4) is 0 Å². The second kappa shape index (κ2) is 12.3. The van der Waals surface area contributed by atoms with E-state index in [1.807, 2.05) is 61.1 Å². The minimum absolute atomic E-state index is 0.266. The molecule has 0 fully saturated rings. The summed E-state index contributed by atoms with van der Waals surface area (Å²) in [7, 11) is 0. The molecule has 0 spiro atoms. The summed E-state index contributed by atoms with van der Waals surface area (Å²) in [5, 5.41) is 15.4. The van der Waals surface area contributed by atoms with E-state index in [1.54, 1.807) is 18.0 Å². The van der Waals surface area contributed by atoms with Crippen LogP contribution in [0.1, 0.15) is 5.56 Å². The number of benzene rings is 2. The zero-order valence-electron chi connectivity index (χ0n) is 15.2. The Balaban J connectivity index is 0.000000687. The highest BCUT2D eigenvalue weighted by molar-refractivity contribution is 8.00. The molecule has 1 unspecified atom stereocenters. The van der Waals surface area contributed by atoms with Crippen LogP contribution in [0, 0.1) is 10.1 Å². The fourth-order valence-electron chi connectivity index (χ4n) is 2.35. The summed E-state index contributed by atoms with van der Waals surface area (Å²) in [5.41, 5.74) is 1.11. The molecule has 0 radical (unpaired) electrons. The summed E-state index contributed by atoms with van der Waals surface area (Å²) in [6, 6.07) is 15.6. The standard InChI is InChI=1S/C19H18Cl2N2OS.HNO3/c20-16-3-1-15(2-4-16)12-24-13-19(11-23-10-9-22-14-23)25-18-7-5-17(21)6-8-18;2-1(3)4/h1-10,14,19H,11-13H2;(H,2,3,4). The van der Waals surface area contributed by atoms with Crippen LogP contribution in [-0.2, 0) is 17.9 Å². The van der Waals surface area contributed by atoms with Gasteiger partial charge in [0.1, 0.15) is 0 Å². The van der Waals surface area contributed by atoms with Crippen molar-refractivity contribution in [2.75, 3.05) is 6.61 Å². The van der Waals surface area contributed by atoms with Gasteiger partial charge in [0, 0.05) is 33.9 Å². The topological polar surface area (TPSA) is 90.4 Å². The lowest BCUT2D eigenvalue weighted by atomic mass is 10.2. The first kappa shape index (κ1) is 23.0. The zero-order chi connectivity index (χ0) is 21.1. The molecule has 10 heteroatoms. The largest absolute Gasteiger partial charge is 0.376 e. The van der Waals surface area contributed by atoms with Gasteiger partial charge in [-0.25, -0.2) is 4.98 Å². The Morgan fingerprint density at radius 1 is 1.14 bits per heavy atom. The summed E-state index contributed by atoms with van der Waals surface area (Å²) in [5.74, 6) is 0. The number of rotatable bonds is 8. The van der Waals surface area contributed by atoms with Gasteiger partial charge in [-0.2, -0.15) is 0 Å². The number of halogens is 2. The molecule has 7 nitrogen and oxygen atoms in total. The highest BCUT2D eigenvalue weighted by Gasteiger charge is 2.12. The normalized spacial score (nSPS) is 11.4. The molecule has 0 aliphatic rings. The van der Waals surface area contributed by atoms with E-state index >= 15 is 0 Å². The third kappa shape index (κ3) is 9.67. The summed E-state index contributed by atoms with van der Waals surface area (Å²) >= 11 is 13.7. The maximum Gasteiger partial charge on any atom is 0.291 e. The zero-order valence-corrected chi connectivity index (χ0v) is 17.6. The smallest absolute Gasteiger partial charge is 0.291 e. The Morgan fingerprint density at radius 3 is 2.28 bits per heavy atom. The van der Waals surface area contributed by atoms with Gasteiger partial charge in [-0.1, -0.05) is 35.3 Å². The average Bonchev–Trinajstić information content (AvgIpc) is 3.18. The first-order valence-corrected chi connectivity index (χ1v) is 10.1. The van der Waals surface area contributed by atoms with E-state index in [2.05, 4.69) is 9.55 Å². The predicted molar refractivity (Wildman–Crippen MR) is 113 cm³/mol. The molecule has 0 amide bonds. The molecule has 1 heterocycles. The van der Waals surface area contributed by atoms with Crippen molar-refractivity contribution in [1.82, 2.24) is 9.55 Å². The number of ether oxygens (including phenoxy) is 1. The molecule has 154 valence electrons. The van der Waals surface area contributed by atoms with E-state index in [4.69, 9.17) is 43.3 Å². The molecule has 0 aliphatic carbocycles. The Bertz CT molecular complexity index is 858. The molecule has 1 atom stereocenters. The summed E-state index contributed by atoms with van der Waals surface area (Å²) in [6.45, 7) is 2.03. The predicted octanol–water partition coefficient (Wildman–Crippen LogP) is 5.22. The van der Waals surface area contributed by atoms with E-state index in [-0.39, 0.29) is 5.25 Å². The van der Waals surface area contributed by atoms with Crippen molar-refractivity contribution >= 4 is 35.0 Å². The van der Waals surface area contributed by atoms with Crippen LogP contribution in [0.15, 0.2) is 72.1 Å². The highest BCUT2D eigenvalue weighted by atomic mass is 35.5. The second-order valence-corrected chi connectivity index (χ2v) is 8.08. The number of nitrogens with zero attached hydrogens (tertiary/aromatic N) is 3. The Hall–Kier alpha value is -2.26. The number of hydrogen-bond acceptors (Lipinski definition) is 5. The third-order valence-electron chi connectivity index (χ3n) is 3.58. The third-order valence-corrected chi connectivity index (χ3v) is 5.24. The van der Waals surface area contributed by atoms with Gasteiger partial charge in [-0.15, -0.1) is 21.9 Å². The second-order valence-electron chi connectivity index (χ2n) is 5.83. The van der Waals surface area contributed by atoms with Gasteiger partial charge in [0.25, 0.3) is 5.09 Å². The quantitative estimate of drug-likeness (QED) is 0.284. The number of hydrogen-bond donors (Lipinski definition) is 1. The van der Waals surface area contributed by atoms with Crippen molar-refractivity contribution in [3.63, 3.8) is 0 Å². The fourth-order valence-corrected chi connectivity index (χ4v) is 3.69. The summed E-state index contributed by atoms with van der Waals surface area (Å²) in [6.07, 6.45) is 5.59. The summed E-state index contributed by atoms with van der Waals surface area (Å²) in [4.78, 5) is 13.6. The van der Waals surface area contributed by atoms with E-state index in [0.29, 0.717) is 13.2 Å². The van der Waals surface area contributed by atoms with Gasteiger partial charge in [-0.05, 0) is 42.0 Å². The molecule has 3 rings (SSSR count). The molecule has 1 N–H and O–H groups in total. The molecule has 0 bridgehead atoms. The van der Waals surface area contributed by atoms with E-state index in [1.165, 1.54) is 4.90 Å². The molecule has 29 heavy (non-hydrogen) atoms. The SMILES string of the molecule is Clc1ccc(COCC(Cn2ccnc2)Sc2ccc(Cl)cc2)cc1.O=[N+]([O-])O. The molecule has 0 saturated carbocycles. The van der Waals surface area contributed by atoms with E-state index in [9.17, 15) is 0 Å². The monoisotopic (exact) mass is 455 g/mol. The molecule has 0 saturated heterocycles. The lowest BCUT2D eigenvalue weighted by molar-refractivity contribution is -0.742. The number of thioether (sulfide) groups is 1. The van der Waals surface area contributed by atoms with Gasteiger partial charge >= 0.3 is 0 Å². The van der Waals surface area contributed by atoms with Crippen molar-refractivity contribution in [2.45, 2.75) is 23.3 Å². The van der Waals surface area contributed by atoms with Crippen LogP contribution in [-0.4, -0.2) is 31.7 Å². The minimum atomic E-state index is -1.50. The molecular weight excluding hydrogens is 437 g/mol. The molecule has 1 aromatic heterocycles. The lowest BCUT2D eigenvalue weighted by Gasteiger charge is -2.17. The fraction of sp³-hybridized carbons (Fsp3) is 0.211. The highest BCUT2D eigenvalue weighted by Crippen LogP contribution is 2.26. The number of imidazole rings is 1. The maximum absolute atomic E-state index is 8.36. The Morgan fingerprint density at radius 2 is 1.72 bits per heavy atom. The van der Waals surface area contributed by atoms with Crippen LogP contribution >= 0.6 is 35.0 Å². The first-order chi connectivity index (χ1) is 13.9. The van der Waals surface area contributed by atoms with Crippen LogP contribution in [0.4, 0.5) is 0 Å². The van der Waals surface area contributed by atoms with Crippen LogP contribution < -0.4 is 0 Å². The molecule has 0 aliphatic heterocycles. The average molecular weight is 456 g/mol. The van der Waals surface area contributed by atoms with Crippen molar-refractivity contribution in [2.24, 2.45) is 0 Å². The molecule has 2 aromatic carbocycles. The molecular formula is C19H19Cl2N3O4S. The molecule has 3 aromatic rings. The van der Waals surface area contributed by atoms with Crippen LogP contribution in [0.2, 0.25) is 10.0 Å². The van der Waals surface area contributed by atoms with Crippen LogP contribution in [0.25, 0.3) is 0 Å². The lowest BCUT2D eigenvalue weighted by Crippen LogP contribution is -2.18. The van der Waals surface area contributed by atoms with Crippen molar-refractivity contribution in [1.29, 1.82) is 0 Å². The Kier molecular flexibility index (Phi) is 9.79. The van der Waals surface area contributed by atoms with Crippen LogP contribution in [0.3, 0.4) is 0 Å². The Labute approximate surface area is 182 Å². The van der Waals surface area contributed by atoms with Crippen molar-refractivity contribution in [3.05, 3.63) is 93.0 Å². The van der Waals surface area contributed by atoms with Gasteiger partial charge in [0.05, 0.1) is 24.8 Å². The maximum atomic E-state index is 8.36. The first-order valence-electron chi connectivity index (χ1n) is 8.46. The van der Waals surface area contributed by atoms with E-state index < -0.39 is 5.09 Å². The minimum Gasteiger partial charge on any atom is -0.376 e. The summed E-state index contributed by atoms with van der Waals surface area (Å²) < 4.78 is 8.01. The van der Waals surface area contributed by atoms with Crippen molar-refractivity contribution < 1.29 is 15.0 Å². The van der Waals surface area contributed by atoms with Gasteiger partial charge in [-0.3, -0.25) is 0 Å². The number of aromatic nitrogens is 2. The van der Waals surface area contributed by atoms with Gasteiger partial charge in [0.2, 0.25) is 0 Å².